The number of phenolic OH excluding ortho intramolecular Hbond substituents is 1. The van der Waals surface area contributed by atoms with Crippen molar-refractivity contribution < 1.29 is 25.2 Å². The van der Waals surface area contributed by atoms with Crippen LogP contribution in [0.1, 0.15) is 5.56 Å². The molecule has 1 rings (SSSR count). The normalized spacial score (nSPS) is 11.6. The van der Waals surface area contributed by atoms with Gasteiger partial charge in [-0.3, -0.25) is 0 Å². The lowest BCUT2D eigenvalue weighted by atomic mass is 10.0. The predicted molar refractivity (Wildman–Crippen MR) is 65.5 cm³/mol. The van der Waals surface area contributed by atoms with Crippen molar-refractivity contribution in [2.45, 2.75) is 12.1 Å². The van der Waals surface area contributed by atoms with Crippen LogP contribution in [0.5, 0.6) is 11.5 Å². The zero-order chi connectivity index (χ0) is 13.6. The van der Waals surface area contributed by atoms with Gasteiger partial charge in [-0.25, -0.2) is 0 Å². The molecular weight excluding hydrogens is 238 g/mol. The summed E-state index contributed by atoms with van der Waals surface area (Å²) in [6, 6.07) is 4.82. The maximum atomic E-state index is 9.73. The molecule has 1 aromatic carbocycles. The van der Waals surface area contributed by atoms with Crippen LogP contribution < -0.4 is 10.1 Å². The summed E-state index contributed by atoms with van der Waals surface area (Å²) in [6.45, 7) is -1.01. The van der Waals surface area contributed by atoms with Crippen LogP contribution in [0.15, 0.2) is 18.2 Å². The Labute approximate surface area is 105 Å². The van der Waals surface area contributed by atoms with E-state index in [1.165, 1.54) is 13.2 Å². The number of phenols is 1. The molecule has 1 aromatic rings. The second kappa shape index (κ2) is 6.55. The molecule has 0 aromatic heterocycles. The zero-order valence-corrected chi connectivity index (χ0v) is 10.3. The summed E-state index contributed by atoms with van der Waals surface area (Å²) in [7, 11) is 1.50. The molecule has 0 saturated carbocycles. The Hall–Kier alpha value is -1.34. The largest absolute Gasteiger partial charge is 0.507 e. The number of benzene rings is 1. The van der Waals surface area contributed by atoms with Crippen molar-refractivity contribution in [1.29, 1.82) is 0 Å². The van der Waals surface area contributed by atoms with E-state index in [0.29, 0.717) is 11.3 Å². The van der Waals surface area contributed by atoms with Crippen LogP contribution in [0.3, 0.4) is 0 Å². The highest BCUT2D eigenvalue weighted by Crippen LogP contribution is 2.23. The van der Waals surface area contributed by atoms with Crippen LogP contribution in [0.4, 0.5) is 0 Å². The number of aromatic hydroxyl groups is 1. The minimum Gasteiger partial charge on any atom is -0.507 e. The Bertz CT molecular complexity index is 370. The third-order valence-electron chi connectivity index (χ3n) is 2.85. The van der Waals surface area contributed by atoms with Crippen molar-refractivity contribution in [2.24, 2.45) is 0 Å². The average Bonchev–Trinajstić information content (AvgIpc) is 2.42. The lowest BCUT2D eigenvalue weighted by Crippen LogP contribution is -2.54. The molecule has 0 saturated heterocycles. The first kappa shape index (κ1) is 14.7. The first-order valence-corrected chi connectivity index (χ1v) is 5.54. The van der Waals surface area contributed by atoms with Crippen LogP contribution in [0.2, 0.25) is 0 Å². The van der Waals surface area contributed by atoms with E-state index in [9.17, 15) is 5.11 Å². The highest BCUT2D eigenvalue weighted by Gasteiger charge is 2.27. The minimum atomic E-state index is -1.16. The Morgan fingerprint density at radius 1 is 1.17 bits per heavy atom. The van der Waals surface area contributed by atoms with Gasteiger partial charge in [0.1, 0.15) is 11.5 Å². The van der Waals surface area contributed by atoms with Crippen molar-refractivity contribution in [3.05, 3.63) is 23.8 Å². The van der Waals surface area contributed by atoms with Gasteiger partial charge >= 0.3 is 0 Å². The molecule has 0 aliphatic heterocycles. The topological polar surface area (TPSA) is 102 Å². The molecular formula is C12H19NO5. The highest BCUT2D eigenvalue weighted by atomic mass is 16.5. The van der Waals surface area contributed by atoms with Gasteiger partial charge in [0, 0.05) is 18.2 Å². The van der Waals surface area contributed by atoms with Gasteiger partial charge in [-0.05, 0) is 6.07 Å². The molecule has 5 N–H and O–H groups in total. The van der Waals surface area contributed by atoms with Gasteiger partial charge in [0.2, 0.25) is 0 Å². The fourth-order valence-corrected chi connectivity index (χ4v) is 1.42. The van der Waals surface area contributed by atoms with Crippen molar-refractivity contribution in [2.75, 3.05) is 26.9 Å². The van der Waals surface area contributed by atoms with Crippen molar-refractivity contribution in [3.63, 3.8) is 0 Å². The summed E-state index contributed by atoms with van der Waals surface area (Å²) < 4.78 is 4.96. The van der Waals surface area contributed by atoms with Gasteiger partial charge in [-0.1, -0.05) is 6.07 Å². The third-order valence-corrected chi connectivity index (χ3v) is 2.85. The van der Waals surface area contributed by atoms with E-state index in [0.717, 1.165) is 0 Å². The lowest BCUT2D eigenvalue weighted by Gasteiger charge is -2.29. The van der Waals surface area contributed by atoms with Gasteiger partial charge in [0.05, 0.1) is 32.5 Å². The molecule has 0 bridgehead atoms. The molecule has 0 aliphatic rings. The summed E-state index contributed by atoms with van der Waals surface area (Å²) in [5, 5.41) is 40.0. The first-order chi connectivity index (χ1) is 8.60. The number of hydrogen-bond acceptors (Lipinski definition) is 6. The number of aliphatic hydroxyl groups is 3. The van der Waals surface area contributed by atoms with Gasteiger partial charge in [0.15, 0.2) is 0 Å². The molecule has 0 amide bonds. The van der Waals surface area contributed by atoms with Crippen LogP contribution in [-0.2, 0) is 6.54 Å². The van der Waals surface area contributed by atoms with E-state index >= 15 is 0 Å². The van der Waals surface area contributed by atoms with E-state index in [2.05, 4.69) is 5.32 Å². The fourth-order valence-electron chi connectivity index (χ4n) is 1.42. The Morgan fingerprint density at radius 2 is 1.78 bits per heavy atom. The first-order valence-electron chi connectivity index (χ1n) is 5.54. The molecule has 0 atom stereocenters. The minimum absolute atomic E-state index is 0.0459. The number of hydrogen-bond donors (Lipinski definition) is 5. The number of methoxy groups -OCH3 is 1. The standard InChI is InChI=1S/C12H19NO5/c1-18-10-3-2-9(11(17)4-10)5-13-12(6-14,7-15)8-16/h2-4,13-17H,5-8H2,1H3. The Balaban J connectivity index is 2.73. The molecule has 0 unspecified atom stereocenters. The van der Waals surface area contributed by atoms with Gasteiger partial charge in [-0.2, -0.15) is 0 Å². The molecule has 0 radical (unpaired) electrons. The molecule has 102 valence electrons. The monoisotopic (exact) mass is 257 g/mol. The van der Waals surface area contributed by atoms with E-state index in [1.54, 1.807) is 12.1 Å². The molecule has 18 heavy (non-hydrogen) atoms. The van der Waals surface area contributed by atoms with Crippen molar-refractivity contribution in [3.8, 4) is 11.5 Å². The average molecular weight is 257 g/mol. The summed E-state index contributed by atoms with van der Waals surface area (Å²) in [6.07, 6.45) is 0. The molecule has 0 fully saturated rings. The predicted octanol–water partition coefficient (Wildman–Crippen LogP) is -0.794. The van der Waals surface area contributed by atoms with E-state index in [-0.39, 0.29) is 12.3 Å². The van der Waals surface area contributed by atoms with Crippen LogP contribution in [0.25, 0.3) is 0 Å². The number of aliphatic hydroxyl groups excluding tert-OH is 3. The molecule has 6 nitrogen and oxygen atoms in total. The van der Waals surface area contributed by atoms with Crippen LogP contribution >= 0.6 is 0 Å². The molecule has 0 aliphatic carbocycles. The van der Waals surface area contributed by atoms with Gasteiger partial charge in [0.25, 0.3) is 0 Å². The summed E-state index contributed by atoms with van der Waals surface area (Å²) in [5.74, 6) is 0.582. The maximum Gasteiger partial charge on any atom is 0.123 e. The van der Waals surface area contributed by atoms with E-state index in [4.69, 9.17) is 20.1 Å². The highest BCUT2D eigenvalue weighted by molar-refractivity contribution is 5.39. The third kappa shape index (κ3) is 3.33. The second-order valence-corrected chi connectivity index (χ2v) is 4.10. The molecule has 0 spiro atoms. The summed E-state index contributed by atoms with van der Waals surface area (Å²) in [4.78, 5) is 0. The zero-order valence-electron chi connectivity index (χ0n) is 10.3. The Kier molecular flexibility index (Phi) is 5.36. The maximum absolute atomic E-state index is 9.73. The van der Waals surface area contributed by atoms with E-state index in [1.807, 2.05) is 0 Å². The Morgan fingerprint density at radius 3 is 2.22 bits per heavy atom. The van der Waals surface area contributed by atoms with Crippen LogP contribution in [-0.4, -0.2) is 52.9 Å². The summed E-state index contributed by atoms with van der Waals surface area (Å²) >= 11 is 0. The van der Waals surface area contributed by atoms with E-state index < -0.39 is 25.4 Å². The van der Waals surface area contributed by atoms with Crippen molar-refractivity contribution >= 4 is 0 Å². The number of nitrogens with one attached hydrogen (secondary N) is 1. The quantitative estimate of drug-likeness (QED) is 0.438. The molecule has 6 heteroatoms. The molecule has 0 heterocycles. The SMILES string of the molecule is COc1ccc(CNC(CO)(CO)CO)c(O)c1. The van der Waals surface area contributed by atoms with Crippen LogP contribution in [0, 0.1) is 0 Å². The second-order valence-electron chi connectivity index (χ2n) is 4.10. The summed E-state index contributed by atoms with van der Waals surface area (Å²) in [5.41, 5.74) is -0.581. The lowest BCUT2D eigenvalue weighted by molar-refractivity contribution is 0.0412. The number of rotatable bonds is 7. The smallest absolute Gasteiger partial charge is 0.123 e. The number of ether oxygens (including phenoxy) is 1. The van der Waals surface area contributed by atoms with Crippen molar-refractivity contribution in [1.82, 2.24) is 5.32 Å². The van der Waals surface area contributed by atoms with Gasteiger partial charge in [-0.15, -0.1) is 0 Å². The fraction of sp³-hybridized carbons (Fsp3) is 0.500. The van der Waals surface area contributed by atoms with Gasteiger partial charge < -0.3 is 30.5 Å².